The normalized spacial score (nSPS) is 15.3. The third kappa shape index (κ3) is 5.98. The number of halogens is 4. The Balaban J connectivity index is 1.53. The molecule has 1 amide bonds. The molecular formula is C26H22F4N2O3. The molecule has 4 rings (SSSR count). The second-order valence-corrected chi connectivity index (χ2v) is 8.09. The molecule has 0 saturated heterocycles. The summed E-state index contributed by atoms with van der Waals surface area (Å²) in [7, 11) is 1.57. The van der Waals surface area contributed by atoms with Gasteiger partial charge in [-0.1, -0.05) is 23.4 Å². The Hall–Kier alpha value is -3.88. The molecule has 0 aliphatic carbocycles. The zero-order valence-electron chi connectivity index (χ0n) is 18.8. The Morgan fingerprint density at radius 2 is 1.83 bits per heavy atom. The van der Waals surface area contributed by atoms with Crippen LogP contribution in [0.1, 0.15) is 33.5 Å². The van der Waals surface area contributed by atoms with E-state index >= 15 is 0 Å². The number of oxime groups is 1. The van der Waals surface area contributed by atoms with Crippen LogP contribution in [0.25, 0.3) is 0 Å². The first-order valence-electron chi connectivity index (χ1n) is 10.8. The monoisotopic (exact) mass is 486 g/mol. The van der Waals surface area contributed by atoms with E-state index in [2.05, 4.69) is 5.16 Å². The molecule has 0 saturated carbocycles. The molecule has 35 heavy (non-hydrogen) atoms. The number of nitrogens with zero attached hydrogens (tertiary/aromatic N) is 2. The smallest absolute Gasteiger partial charge is 0.416 e. The Kier molecular flexibility index (Phi) is 7.04. The summed E-state index contributed by atoms with van der Waals surface area (Å²) in [6.45, 7) is -0.0637. The standard InChI is InChI=1S/C26H22F4N2O3/c1-34-22-10-8-18(9-11-22)24-14-23(35-31-24)16-32(25(33)19-5-3-7-21(27)13-19)15-17-4-2-6-20(12-17)26(28,29)30/h2-13,23H,14-16H2,1H3/t23-/m1/s1. The molecule has 3 aromatic carbocycles. The lowest BCUT2D eigenvalue weighted by Gasteiger charge is -2.25. The van der Waals surface area contributed by atoms with Gasteiger partial charge >= 0.3 is 6.18 Å². The average molecular weight is 486 g/mol. The molecule has 1 aliphatic heterocycles. The van der Waals surface area contributed by atoms with Crippen LogP contribution in [0, 0.1) is 5.82 Å². The first-order valence-corrected chi connectivity index (χ1v) is 10.8. The minimum Gasteiger partial charge on any atom is -0.497 e. The molecule has 0 fully saturated rings. The summed E-state index contributed by atoms with van der Waals surface area (Å²) < 4.78 is 58.5. The second kappa shape index (κ2) is 10.2. The molecule has 1 aliphatic rings. The molecule has 5 nitrogen and oxygen atoms in total. The van der Waals surface area contributed by atoms with E-state index in [1.807, 2.05) is 12.1 Å². The molecule has 3 aromatic rings. The lowest BCUT2D eigenvalue weighted by molar-refractivity contribution is -0.137. The quantitative estimate of drug-likeness (QED) is 0.404. The van der Waals surface area contributed by atoms with Gasteiger partial charge in [-0.05, 0) is 65.7 Å². The van der Waals surface area contributed by atoms with Crippen molar-refractivity contribution in [2.75, 3.05) is 13.7 Å². The average Bonchev–Trinajstić information content (AvgIpc) is 3.31. The maximum absolute atomic E-state index is 13.8. The third-order valence-electron chi connectivity index (χ3n) is 5.57. The van der Waals surface area contributed by atoms with Crippen molar-refractivity contribution in [2.24, 2.45) is 5.16 Å². The number of ether oxygens (including phenoxy) is 1. The van der Waals surface area contributed by atoms with Crippen molar-refractivity contribution >= 4 is 11.6 Å². The van der Waals surface area contributed by atoms with Gasteiger partial charge in [0.05, 0.1) is 24.9 Å². The predicted octanol–water partition coefficient (Wildman–Crippen LogP) is 5.69. The fourth-order valence-electron chi connectivity index (χ4n) is 3.82. The van der Waals surface area contributed by atoms with Crippen molar-refractivity contribution in [3.63, 3.8) is 0 Å². The van der Waals surface area contributed by atoms with Crippen molar-refractivity contribution in [3.05, 3.63) is 101 Å². The molecule has 0 bridgehead atoms. The van der Waals surface area contributed by atoms with Gasteiger partial charge in [0, 0.05) is 18.5 Å². The zero-order valence-corrected chi connectivity index (χ0v) is 18.8. The predicted molar refractivity (Wildman–Crippen MR) is 122 cm³/mol. The summed E-state index contributed by atoms with van der Waals surface area (Å²) in [5, 5.41) is 4.12. The van der Waals surface area contributed by atoms with Crippen molar-refractivity contribution in [1.29, 1.82) is 0 Å². The maximum Gasteiger partial charge on any atom is 0.416 e. The van der Waals surface area contributed by atoms with Crippen molar-refractivity contribution < 1.29 is 31.9 Å². The SMILES string of the molecule is COc1ccc(C2=NO[C@@H](CN(Cc3cccc(C(F)(F)F)c3)C(=O)c3cccc(F)c3)C2)cc1. The molecular weight excluding hydrogens is 464 g/mol. The summed E-state index contributed by atoms with van der Waals surface area (Å²) in [5.74, 6) is -0.418. The van der Waals surface area contributed by atoms with Gasteiger partial charge < -0.3 is 14.5 Å². The summed E-state index contributed by atoms with van der Waals surface area (Å²) in [5.41, 5.74) is 1.07. The molecule has 1 atom stereocenters. The van der Waals surface area contributed by atoms with Crippen LogP contribution in [0.3, 0.4) is 0 Å². The highest BCUT2D eigenvalue weighted by molar-refractivity contribution is 6.01. The van der Waals surface area contributed by atoms with Gasteiger partial charge in [-0.15, -0.1) is 0 Å². The molecule has 0 spiro atoms. The van der Waals surface area contributed by atoms with E-state index in [-0.39, 0.29) is 18.7 Å². The number of benzene rings is 3. The van der Waals surface area contributed by atoms with Crippen LogP contribution in [-0.4, -0.2) is 36.3 Å². The van der Waals surface area contributed by atoms with Gasteiger partial charge in [-0.25, -0.2) is 4.39 Å². The Labute approximate surface area is 199 Å². The second-order valence-electron chi connectivity index (χ2n) is 8.09. The topological polar surface area (TPSA) is 51.1 Å². The van der Waals surface area contributed by atoms with Gasteiger partial charge in [0.25, 0.3) is 5.91 Å². The largest absolute Gasteiger partial charge is 0.497 e. The highest BCUT2D eigenvalue weighted by atomic mass is 19.4. The number of methoxy groups -OCH3 is 1. The summed E-state index contributed by atoms with van der Waals surface area (Å²) in [6, 6.07) is 17.2. The maximum atomic E-state index is 13.8. The number of amides is 1. The lowest BCUT2D eigenvalue weighted by Crippen LogP contribution is -2.37. The highest BCUT2D eigenvalue weighted by Crippen LogP contribution is 2.30. The van der Waals surface area contributed by atoms with Crippen LogP contribution in [0.15, 0.2) is 78.0 Å². The van der Waals surface area contributed by atoms with E-state index in [9.17, 15) is 22.4 Å². The number of rotatable bonds is 7. The fraction of sp³-hybridized carbons (Fsp3) is 0.231. The van der Waals surface area contributed by atoms with Crippen LogP contribution in [0.2, 0.25) is 0 Å². The van der Waals surface area contributed by atoms with Crippen molar-refractivity contribution in [1.82, 2.24) is 4.90 Å². The Morgan fingerprint density at radius 3 is 2.51 bits per heavy atom. The van der Waals surface area contributed by atoms with Gasteiger partial charge in [0.1, 0.15) is 11.6 Å². The Morgan fingerprint density at radius 1 is 1.09 bits per heavy atom. The number of alkyl halides is 3. The van der Waals surface area contributed by atoms with E-state index in [1.54, 1.807) is 19.2 Å². The van der Waals surface area contributed by atoms with Gasteiger partial charge in [0.2, 0.25) is 0 Å². The number of carbonyl (C=O) groups is 1. The van der Waals surface area contributed by atoms with Crippen LogP contribution < -0.4 is 4.74 Å². The molecule has 1 heterocycles. The highest BCUT2D eigenvalue weighted by Gasteiger charge is 2.31. The minimum absolute atomic E-state index is 0.0503. The van der Waals surface area contributed by atoms with E-state index in [1.165, 1.54) is 35.2 Å². The minimum atomic E-state index is -4.51. The number of carbonyl (C=O) groups excluding carboxylic acids is 1. The summed E-state index contributed by atoms with van der Waals surface area (Å²) in [6.07, 6.45) is -4.64. The zero-order chi connectivity index (χ0) is 25.0. The molecule has 9 heteroatoms. The molecule has 0 unspecified atom stereocenters. The number of hydrogen-bond acceptors (Lipinski definition) is 4. The van der Waals surface area contributed by atoms with Crippen molar-refractivity contribution in [2.45, 2.75) is 25.2 Å². The van der Waals surface area contributed by atoms with Gasteiger partial charge in [0.15, 0.2) is 6.10 Å². The van der Waals surface area contributed by atoms with Gasteiger partial charge in [-0.2, -0.15) is 13.2 Å². The summed E-state index contributed by atoms with van der Waals surface area (Å²) in [4.78, 5) is 20.1. The first kappa shape index (κ1) is 24.3. The van der Waals surface area contributed by atoms with E-state index in [4.69, 9.17) is 9.57 Å². The van der Waals surface area contributed by atoms with Gasteiger partial charge in [-0.3, -0.25) is 4.79 Å². The first-order chi connectivity index (χ1) is 16.7. The van der Waals surface area contributed by atoms with Crippen molar-refractivity contribution in [3.8, 4) is 5.75 Å². The number of hydrogen-bond donors (Lipinski definition) is 0. The van der Waals surface area contributed by atoms with Crippen LogP contribution in [0.4, 0.5) is 17.6 Å². The van der Waals surface area contributed by atoms with Crippen LogP contribution >= 0.6 is 0 Å². The van der Waals surface area contributed by atoms with E-state index in [0.29, 0.717) is 23.4 Å². The Bertz CT molecular complexity index is 1230. The third-order valence-corrected chi connectivity index (χ3v) is 5.57. The van der Waals surface area contributed by atoms with E-state index < -0.39 is 29.6 Å². The molecule has 0 aromatic heterocycles. The van der Waals surface area contributed by atoms with Crippen LogP contribution in [-0.2, 0) is 17.6 Å². The molecule has 0 N–H and O–H groups in total. The van der Waals surface area contributed by atoms with Crippen LogP contribution in [0.5, 0.6) is 5.75 Å². The summed E-state index contributed by atoms with van der Waals surface area (Å²) >= 11 is 0. The molecule has 182 valence electrons. The molecule has 0 radical (unpaired) electrons. The van der Waals surface area contributed by atoms with E-state index in [0.717, 1.165) is 23.8 Å². The fourth-order valence-corrected chi connectivity index (χ4v) is 3.82. The lowest BCUT2D eigenvalue weighted by atomic mass is 10.0.